The second kappa shape index (κ2) is 10.2. The van der Waals surface area contributed by atoms with Gasteiger partial charge in [0.2, 0.25) is 11.8 Å². The molecule has 0 fully saturated rings. The van der Waals surface area contributed by atoms with E-state index in [2.05, 4.69) is 31.3 Å². The molecule has 0 unspecified atom stereocenters. The third-order valence-corrected chi connectivity index (χ3v) is 4.37. The first-order valence-electron chi connectivity index (χ1n) is 9.74. The van der Waals surface area contributed by atoms with Crippen LogP contribution < -0.4 is 21.5 Å². The molecular formula is C20H24N6O4. The molecule has 0 saturated heterocycles. The van der Waals surface area contributed by atoms with Crippen LogP contribution >= 0.6 is 0 Å². The van der Waals surface area contributed by atoms with Gasteiger partial charge in [0.15, 0.2) is 11.6 Å². The number of fused-ring (bicyclic) bond motifs is 1. The number of H-pyrrole nitrogens is 1. The van der Waals surface area contributed by atoms with Crippen molar-refractivity contribution in [3.05, 3.63) is 46.4 Å². The van der Waals surface area contributed by atoms with Crippen LogP contribution in [0.3, 0.4) is 0 Å². The molecule has 2 aromatic heterocycles. The topological polar surface area (TPSA) is 142 Å². The lowest BCUT2D eigenvalue weighted by Gasteiger charge is -2.09. The summed E-state index contributed by atoms with van der Waals surface area (Å²) in [6, 6.07) is 8.86. The van der Waals surface area contributed by atoms with Gasteiger partial charge in [-0.25, -0.2) is 5.10 Å². The first-order valence-corrected chi connectivity index (χ1v) is 9.74. The molecule has 158 valence electrons. The highest BCUT2D eigenvalue weighted by Crippen LogP contribution is 2.16. The predicted molar refractivity (Wildman–Crippen MR) is 112 cm³/mol. The number of nitrogens with one attached hydrogen (secondary N) is 4. The molecule has 0 bridgehead atoms. The minimum absolute atomic E-state index is 0.104. The number of nitrogens with zero attached hydrogens (tertiary/aromatic N) is 2. The van der Waals surface area contributed by atoms with Gasteiger partial charge in [0.25, 0.3) is 5.56 Å². The van der Waals surface area contributed by atoms with Crippen molar-refractivity contribution in [3.8, 4) is 0 Å². The molecule has 0 aliphatic carbocycles. The van der Waals surface area contributed by atoms with E-state index in [0.29, 0.717) is 48.7 Å². The number of carbonyl (C=O) groups excluding carboxylic acids is 2. The van der Waals surface area contributed by atoms with E-state index in [4.69, 9.17) is 4.52 Å². The van der Waals surface area contributed by atoms with Crippen molar-refractivity contribution in [2.75, 3.05) is 23.7 Å². The Morgan fingerprint density at radius 1 is 1.07 bits per heavy atom. The number of rotatable bonds is 10. The summed E-state index contributed by atoms with van der Waals surface area (Å²) >= 11 is 0. The van der Waals surface area contributed by atoms with Crippen molar-refractivity contribution in [2.45, 2.75) is 32.6 Å². The quantitative estimate of drug-likeness (QED) is 0.373. The standard InChI is InChI=1S/C20H24N6O4/c1-13-12-16(26-30-13)23-18(28)9-4-8-17(27)21-10-5-11-22-19-14-6-2-3-7-15(14)20(29)25-24-19/h2-3,6-7,12H,4-5,8-11H2,1H3,(H,21,27)(H,22,24)(H,25,29)(H,23,26,28). The van der Waals surface area contributed by atoms with Gasteiger partial charge in [-0.05, 0) is 25.8 Å². The van der Waals surface area contributed by atoms with Gasteiger partial charge in [0, 0.05) is 37.4 Å². The molecule has 2 amide bonds. The zero-order valence-electron chi connectivity index (χ0n) is 16.7. The SMILES string of the molecule is Cc1cc(NC(=O)CCCC(=O)NCCCNc2n[nH]c(=O)c3ccccc23)no1. The maximum absolute atomic E-state index is 11.9. The predicted octanol–water partition coefficient (Wildman–Crippen LogP) is 1.95. The molecule has 0 saturated carbocycles. The molecule has 30 heavy (non-hydrogen) atoms. The van der Waals surface area contributed by atoms with Crippen LogP contribution in [0, 0.1) is 6.92 Å². The zero-order chi connectivity index (χ0) is 21.3. The summed E-state index contributed by atoms with van der Waals surface area (Å²) in [5.74, 6) is 1.28. The molecular weight excluding hydrogens is 388 g/mol. The van der Waals surface area contributed by atoms with Crippen molar-refractivity contribution in [3.63, 3.8) is 0 Å². The van der Waals surface area contributed by atoms with Crippen molar-refractivity contribution in [1.29, 1.82) is 0 Å². The first kappa shape index (κ1) is 21.0. The Balaban J connectivity index is 1.30. The highest BCUT2D eigenvalue weighted by molar-refractivity contribution is 5.91. The van der Waals surface area contributed by atoms with E-state index in [-0.39, 0.29) is 30.2 Å². The summed E-state index contributed by atoms with van der Waals surface area (Å²) in [5.41, 5.74) is -0.228. The molecule has 3 aromatic rings. The highest BCUT2D eigenvalue weighted by atomic mass is 16.5. The van der Waals surface area contributed by atoms with Gasteiger partial charge in [0.1, 0.15) is 5.76 Å². The molecule has 0 atom stereocenters. The molecule has 0 aliphatic heterocycles. The fourth-order valence-corrected chi connectivity index (χ4v) is 2.90. The molecule has 3 rings (SSSR count). The Morgan fingerprint density at radius 2 is 1.83 bits per heavy atom. The van der Waals surface area contributed by atoms with E-state index in [1.54, 1.807) is 25.1 Å². The average Bonchev–Trinajstić information content (AvgIpc) is 3.14. The maximum Gasteiger partial charge on any atom is 0.272 e. The van der Waals surface area contributed by atoms with Gasteiger partial charge >= 0.3 is 0 Å². The van der Waals surface area contributed by atoms with E-state index < -0.39 is 0 Å². The Kier molecular flexibility index (Phi) is 7.14. The third kappa shape index (κ3) is 5.90. The number of hydrogen-bond donors (Lipinski definition) is 4. The Bertz CT molecular complexity index is 1070. The molecule has 0 aliphatic rings. The van der Waals surface area contributed by atoms with Gasteiger partial charge in [-0.3, -0.25) is 14.4 Å². The van der Waals surface area contributed by atoms with Gasteiger partial charge < -0.3 is 20.5 Å². The summed E-state index contributed by atoms with van der Waals surface area (Å²) in [5, 5.41) is 20.1. The van der Waals surface area contributed by atoms with Crippen LogP contribution in [0.5, 0.6) is 0 Å². The van der Waals surface area contributed by atoms with Gasteiger partial charge in [-0.15, -0.1) is 0 Å². The van der Waals surface area contributed by atoms with Crippen molar-refractivity contribution >= 4 is 34.2 Å². The van der Waals surface area contributed by atoms with Crippen LogP contribution in [-0.2, 0) is 9.59 Å². The van der Waals surface area contributed by atoms with Crippen LogP contribution in [-0.4, -0.2) is 40.3 Å². The lowest BCUT2D eigenvalue weighted by atomic mass is 10.2. The smallest absolute Gasteiger partial charge is 0.272 e. The fraction of sp³-hybridized carbons (Fsp3) is 0.350. The fourth-order valence-electron chi connectivity index (χ4n) is 2.90. The Hall–Kier alpha value is -3.69. The first-order chi connectivity index (χ1) is 14.5. The van der Waals surface area contributed by atoms with Crippen molar-refractivity contribution in [1.82, 2.24) is 20.7 Å². The van der Waals surface area contributed by atoms with E-state index in [9.17, 15) is 14.4 Å². The van der Waals surface area contributed by atoms with E-state index in [0.717, 1.165) is 5.39 Å². The molecule has 1 aromatic carbocycles. The van der Waals surface area contributed by atoms with Crippen LogP contribution in [0.4, 0.5) is 11.6 Å². The summed E-state index contributed by atoms with van der Waals surface area (Å²) in [7, 11) is 0. The van der Waals surface area contributed by atoms with Crippen LogP contribution in [0.25, 0.3) is 10.8 Å². The largest absolute Gasteiger partial charge is 0.368 e. The average molecular weight is 412 g/mol. The van der Waals surface area contributed by atoms with E-state index >= 15 is 0 Å². The normalized spacial score (nSPS) is 10.7. The minimum Gasteiger partial charge on any atom is -0.368 e. The molecule has 2 heterocycles. The molecule has 10 nitrogen and oxygen atoms in total. The molecule has 4 N–H and O–H groups in total. The second-order valence-electron chi connectivity index (χ2n) is 6.80. The second-order valence-corrected chi connectivity index (χ2v) is 6.80. The number of hydrogen-bond acceptors (Lipinski definition) is 7. The summed E-state index contributed by atoms with van der Waals surface area (Å²) in [6.45, 7) is 2.82. The Labute approximate surface area is 172 Å². The highest BCUT2D eigenvalue weighted by Gasteiger charge is 2.08. The summed E-state index contributed by atoms with van der Waals surface area (Å²) in [6.07, 6.45) is 1.63. The monoisotopic (exact) mass is 412 g/mol. The van der Waals surface area contributed by atoms with Crippen LogP contribution in [0.1, 0.15) is 31.4 Å². The number of aryl methyl sites for hydroxylation is 1. The molecule has 10 heteroatoms. The summed E-state index contributed by atoms with van der Waals surface area (Å²) in [4.78, 5) is 35.5. The number of carbonyl (C=O) groups is 2. The van der Waals surface area contributed by atoms with Crippen LogP contribution in [0.15, 0.2) is 39.6 Å². The molecule has 0 spiro atoms. The number of amides is 2. The summed E-state index contributed by atoms with van der Waals surface area (Å²) < 4.78 is 4.87. The van der Waals surface area contributed by atoms with Crippen LogP contribution in [0.2, 0.25) is 0 Å². The van der Waals surface area contributed by atoms with E-state index in [1.807, 2.05) is 12.1 Å². The lowest BCUT2D eigenvalue weighted by molar-refractivity contribution is -0.121. The number of aromatic amines is 1. The number of benzene rings is 1. The van der Waals surface area contributed by atoms with Gasteiger partial charge in [-0.1, -0.05) is 23.4 Å². The van der Waals surface area contributed by atoms with Gasteiger partial charge in [-0.2, -0.15) is 5.10 Å². The maximum atomic E-state index is 11.9. The lowest BCUT2D eigenvalue weighted by Crippen LogP contribution is -2.26. The Morgan fingerprint density at radius 3 is 2.60 bits per heavy atom. The van der Waals surface area contributed by atoms with Gasteiger partial charge in [0.05, 0.1) is 5.39 Å². The van der Waals surface area contributed by atoms with Crippen molar-refractivity contribution < 1.29 is 14.1 Å². The number of anilines is 2. The number of aromatic nitrogens is 3. The van der Waals surface area contributed by atoms with E-state index in [1.165, 1.54) is 0 Å². The zero-order valence-corrected chi connectivity index (χ0v) is 16.7. The third-order valence-electron chi connectivity index (χ3n) is 4.37. The molecule has 0 radical (unpaired) electrons. The van der Waals surface area contributed by atoms with Crippen molar-refractivity contribution in [2.24, 2.45) is 0 Å². The minimum atomic E-state index is -0.228.